The van der Waals surface area contributed by atoms with E-state index in [-0.39, 0.29) is 11.4 Å². The van der Waals surface area contributed by atoms with Gasteiger partial charge in [0.1, 0.15) is 0 Å². The summed E-state index contributed by atoms with van der Waals surface area (Å²) in [6.45, 7) is 0. The first-order chi connectivity index (χ1) is 4.70. The fourth-order valence-electron chi connectivity index (χ4n) is 0.583. The minimum atomic E-state index is -0.487. The third-order valence-corrected chi connectivity index (χ3v) is 1.08. The molecular weight excluding hydrogens is 132 g/mol. The van der Waals surface area contributed by atoms with Crippen molar-refractivity contribution >= 4 is 11.4 Å². The maximum Gasteiger partial charge on any atom is 0.269 e. The number of rotatable bonds is 1. The lowest BCUT2D eigenvalue weighted by molar-refractivity contribution is -0.384. The van der Waals surface area contributed by atoms with Crippen LogP contribution in [0.4, 0.5) is 11.4 Å². The summed E-state index contributed by atoms with van der Waals surface area (Å²) in [6.07, 6.45) is 0. The largest absolute Gasteiger partial charge is 0.699 e. The number of hydrogen-bond acceptors (Lipinski definition) is 2. The second-order valence-corrected chi connectivity index (χ2v) is 1.80. The highest BCUT2D eigenvalue weighted by molar-refractivity contribution is 5.47. The summed E-state index contributed by atoms with van der Waals surface area (Å²) >= 11 is 0. The molecule has 0 saturated heterocycles. The highest BCUT2D eigenvalue weighted by atomic mass is 16.6. The number of nitrogens with zero attached hydrogens (tertiary/aromatic N) is 1. The number of nitro groups is 1. The maximum atomic E-state index is 10.1. The molecule has 1 N–H and O–H groups in total. The molecule has 0 fully saturated rings. The highest BCUT2D eigenvalue weighted by Gasteiger charge is 1.99. The summed E-state index contributed by atoms with van der Waals surface area (Å²) in [5.74, 6) is 0. The molecule has 4 heteroatoms. The molecule has 0 atom stereocenters. The summed E-state index contributed by atoms with van der Waals surface area (Å²) in [4.78, 5) is 9.57. The van der Waals surface area contributed by atoms with Gasteiger partial charge in [0.15, 0.2) is 0 Å². The quantitative estimate of drug-likeness (QED) is 0.440. The predicted octanol–water partition coefficient (Wildman–Crippen LogP) is 2.28. The second kappa shape index (κ2) is 2.34. The molecule has 0 heterocycles. The Morgan fingerprint density at radius 2 is 1.80 bits per heavy atom. The minimum Gasteiger partial charge on any atom is -0.699 e. The van der Waals surface area contributed by atoms with Crippen LogP contribution in [0.2, 0.25) is 0 Å². The van der Waals surface area contributed by atoms with E-state index >= 15 is 0 Å². The molecule has 0 aliphatic rings. The Balaban J connectivity index is 3.00. The van der Waals surface area contributed by atoms with Crippen LogP contribution in [0.25, 0.3) is 5.73 Å². The van der Waals surface area contributed by atoms with Crippen molar-refractivity contribution in [1.29, 1.82) is 0 Å². The zero-order valence-corrected chi connectivity index (χ0v) is 5.07. The summed E-state index contributed by atoms with van der Waals surface area (Å²) < 4.78 is 0. The molecule has 0 amide bonds. The number of nitro benzene ring substituents is 1. The molecule has 4 nitrogen and oxygen atoms in total. The molecule has 0 radical (unpaired) electrons. The Labute approximate surface area is 57.4 Å². The monoisotopic (exact) mass is 137 g/mol. The van der Waals surface area contributed by atoms with E-state index in [0.29, 0.717) is 0 Å². The van der Waals surface area contributed by atoms with E-state index < -0.39 is 4.92 Å². The molecule has 0 aromatic heterocycles. The Bertz CT molecular complexity index is 242. The van der Waals surface area contributed by atoms with Crippen LogP contribution in [0.5, 0.6) is 0 Å². The molecule has 0 saturated carbocycles. The Hall–Kier alpha value is -1.58. The number of benzene rings is 1. The van der Waals surface area contributed by atoms with E-state index in [1.165, 1.54) is 24.3 Å². The van der Waals surface area contributed by atoms with Crippen LogP contribution in [0, 0.1) is 10.1 Å². The first-order valence-corrected chi connectivity index (χ1v) is 2.66. The first kappa shape index (κ1) is 6.54. The standard InChI is InChI=1S/C6H5N2O2/c7-5-1-3-6(4-2-5)8(9)10/h1-4,7H/q-1. The lowest BCUT2D eigenvalue weighted by atomic mass is 10.3. The topological polar surface area (TPSA) is 66.9 Å². The van der Waals surface area contributed by atoms with Crippen molar-refractivity contribution in [1.82, 2.24) is 0 Å². The van der Waals surface area contributed by atoms with E-state index in [9.17, 15) is 10.1 Å². The van der Waals surface area contributed by atoms with Gasteiger partial charge in [-0.2, -0.15) is 0 Å². The van der Waals surface area contributed by atoms with Gasteiger partial charge in [-0.15, -0.1) is 5.69 Å². The zero-order chi connectivity index (χ0) is 7.56. The van der Waals surface area contributed by atoms with Gasteiger partial charge in [-0.1, -0.05) is 12.1 Å². The van der Waals surface area contributed by atoms with Crippen molar-refractivity contribution in [2.24, 2.45) is 0 Å². The Morgan fingerprint density at radius 1 is 1.30 bits per heavy atom. The smallest absolute Gasteiger partial charge is 0.269 e. The van der Waals surface area contributed by atoms with Gasteiger partial charge in [-0.3, -0.25) is 10.1 Å². The van der Waals surface area contributed by atoms with Crippen LogP contribution in [-0.2, 0) is 0 Å². The van der Waals surface area contributed by atoms with Gasteiger partial charge in [0, 0.05) is 12.1 Å². The lowest BCUT2D eigenvalue weighted by Gasteiger charge is -1.98. The van der Waals surface area contributed by atoms with Crippen molar-refractivity contribution in [3.05, 3.63) is 40.1 Å². The van der Waals surface area contributed by atoms with E-state index in [1.807, 2.05) is 0 Å². The molecule has 1 aromatic rings. The summed E-state index contributed by atoms with van der Waals surface area (Å²) in [7, 11) is 0. The third kappa shape index (κ3) is 1.22. The number of nitrogens with one attached hydrogen (secondary N) is 1. The fraction of sp³-hybridized carbons (Fsp3) is 0. The van der Waals surface area contributed by atoms with Crippen LogP contribution in [0.15, 0.2) is 24.3 Å². The molecule has 0 aliphatic heterocycles. The Morgan fingerprint density at radius 3 is 2.20 bits per heavy atom. The number of hydrogen-bond donors (Lipinski definition) is 0. The summed E-state index contributed by atoms with van der Waals surface area (Å²) in [6, 6.07) is 5.39. The van der Waals surface area contributed by atoms with Gasteiger partial charge in [-0.05, 0) is 0 Å². The van der Waals surface area contributed by atoms with Crippen molar-refractivity contribution in [3.63, 3.8) is 0 Å². The van der Waals surface area contributed by atoms with E-state index in [0.717, 1.165) is 0 Å². The Kier molecular flexibility index (Phi) is 1.53. The van der Waals surface area contributed by atoms with Gasteiger partial charge in [0.2, 0.25) is 0 Å². The molecule has 0 unspecified atom stereocenters. The summed E-state index contributed by atoms with van der Waals surface area (Å²) in [5, 5.41) is 10.1. The third-order valence-electron chi connectivity index (χ3n) is 1.08. The molecule has 0 aliphatic carbocycles. The fourth-order valence-corrected chi connectivity index (χ4v) is 0.583. The zero-order valence-electron chi connectivity index (χ0n) is 5.07. The number of non-ortho nitro benzene ring substituents is 1. The van der Waals surface area contributed by atoms with Gasteiger partial charge >= 0.3 is 0 Å². The minimum absolute atomic E-state index is 0.0241. The van der Waals surface area contributed by atoms with Crippen LogP contribution in [0.1, 0.15) is 0 Å². The van der Waals surface area contributed by atoms with E-state index in [4.69, 9.17) is 5.73 Å². The van der Waals surface area contributed by atoms with Gasteiger partial charge < -0.3 is 5.73 Å². The SMILES string of the molecule is [NH-]c1ccc([N+](=O)[O-])cc1. The van der Waals surface area contributed by atoms with Crippen molar-refractivity contribution in [2.75, 3.05) is 0 Å². The molecule has 10 heavy (non-hydrogen) atoms. The molecule has 1 aromatic carbocycles. The normalized spacial score (nSPS) is 9.20. The van der Waals surface area contributed by atoms with Crippen molar-refractivity contribution < 1.29 is 4.92 Å². The van der Waals surface area contributed by atoms with Crippen molar-refractivity contribution in [3.8, 4) is 0 Å². The van der Waals surface area contributed by atoms with Crippen LogP contribution in [0.3, 0.4) is 0 Å². The van der Waals surface area contributed by atoms with Gasteiger partial charge in [-0.25, -0.2) is 0 Å². The van der Waals surface area contributed by atoms with Crippen molar-refractivity contribution in [2.45, 2.75) is 0 Å². The second-order valence-electron chi connectivity index (χ2n) is 1.80. The molecule has 1 rings (SSSR count). The molecule has 0 bridgehead atoms. The summed E-state index contributed by atoms with van der Waals surface area (Å²) in [5.41, 5.74) is 7.32. The molecular formula is C6H5N2O2-. The predicted molar refractivity (Wildman–Crippen MR) is 37.1 cm³/mol. The highest BCUT2D eigenvalue weighted by Crippen LogP contribution is 2.15. The van der Waals surface area contributed by atoms with Gasteiger partial charge in [0.25, 0.3) is 5.69 Å². The van der Waals surface area contributed by atoms with Crippen LogP contribution >= 0.6 is 0 Å². The average Bonchev–Trinajstić information content (AvgIpc) is 1.88. The van der Waals surface area contributed by atoms with E-state index in [2.05, 4.69) is 0 Å². The molecule has 52 valence electrons. The average molecular weight is 137 g/mol. The van der Waals surface area contributed by atoms with Crippen LogP contribution in [-0.4, -0.2) is 4.92 Å². The van der Waals surface area contributed by atoms with E-state index in [1.54, 1.807) is 0 Å². The maximum absolute atomic E-state index is 10.1. The molecule has 0 spiro atoms. The van der Waals surface area contributed by atoms with Crippen LogP contribution < -0.4 is 0 Å². The lowest BCUT2D eigenvalue weighted by Crippen LogP contribution is -1.85. The first-order valence-electron chi connectivity index (χ1n) is 2.66. The van der Waals surface area contributed by atoms with Gasteiger partial charge in [0.05, 0.1) is 4.92 Å².